The number of nitrogens with one attached hydrogen (secondary N) is 1. The summed E-state index contributed by atoms with van der Waals surface area (Å²) in [7, 11) is 0. The van der Waals surface area contributed by atoms with Gasteiger partial charge in [0.1, 0.15) is 13.2 Å². The van der Waals surface area contributed by atoms with Crippen molar-refractivity contribution in [1.29, 1.82) is 0 Å². The molecule has 5 nitrogen and oxygen atoms in total. The maximum atomic E-state index is 12.3. The lowest BCUT2D eigenvalue weighted by molar-refractivity contribution is -0.122. The Morgan fingerprint density at radius 2 is 1.83 bits per heavy atom. The summed E-state index contributed by atoms with van der Waals surface area (Å²) in [6, 6.07) is 5.91. The first-order chi connectivity index (χ1) is 11.6. The number of carbonyl (C=O) groups is 1. The minimum Gasteiger partial charge on any atom is -0.486 e. The number of nitrogens with two attached hydrogens (primary N) is 1. The third-order valence-corrected chi connectivity index (χ3v) is 4.27. The maximum absolute atomic E-state index is 12.3. The highest BCUT2D eigenvalue weighted by Gasteiger charge is 2.21. The van der Waals surface area contributed by atoms with Gasteiger partial charge in [-0.1, -0.05) is 32.8 Å². The van der Waals surface area contributed by atoms with E-state index in [9.17, 15) is 4.79 Å². The molecular weight excluding hydrogens is 304 g/mol. The molecule has 1 aromatic carbocycles. The highest BCUT2D eigenvalue weighted by molar-refractivity contribution is 5.76. The zero-order valence-corrected chi connectivity index (χ0v) is 14.8. The summed E-state index contributed by atoms with van der Waals surface area (Å²) in [5, 5.41) is 3.17. The second-order valence-corrected chi connectivity index (χ2v) is 6.65. The fraction of sp³-hybridized carbons (Fsp3) is 0.632. The zero-order chi connectivity index (χ0) is 17.4. The number of carbonyl (C=O) groups excluding carboxylic acids is 1. The molecule has 134 valence electrons. The van der Waals surface area contributed by atoms with Crippen molar-refractivity contribution >= 4 is 5.91 Å². The van der Waals surface area contributed by atoms with Crippen LogP contribution in [0, 0.1) is 5.92 Å². The van der Waals surface area contributed by atoms with Crippen LogP contribution in [0.5, 0.6) is 11.5 Å². The van der Waals surface area contributed by atoms with Crippen LogP contribution >= 0.6 is 0 Å². The van der Waals surface area contributed by atoms with Crippen LogP contribution in [0.1, 0.15) is 57.6 Å². The molecule has 0 radical (unpaired) electrons. The Kier molecular flexibility index (Phi) is 7.37. The van der Waals surface area contributed by atoms with Gasteiger partial charge in [-0.3, -0.25) is 4.79 Å². The molecule has 1 aliphatic rings. The average molecular weight is 334 g/mol. The number of rotatable bonds is 9. The minimum atomic E-state index is -0.0163. The Bertz CT molecular complexity index is 531. The molecule has 1 aliphatic heterocycles. The molecule has 1 aromatic rings. The molecule has 0 aromatic heterocycles. The van der Waals surface area contributed by atoms with Gasteiger partial charge in [0.15, 0.2) is 11.5 Å². The lowest BCUT2D eigenvalue weighted by Crippen LogP contribution is -2.31. The fourth-order valence-corrected chi connectivity index (χ4v) is 2.92. The predicted octanol–water partition coefficient (Wildman–Crippen LogP) is 3.18. The van der Waals surface area contributed by atoms with E-state index in [1.54, 1.807) is 0 Å². The van der Waals surface area contributed by atoms with Crippen molar-refractivity contribution in [2.45, 2.75) is 52.0 Å². The number of amides is 1. The van der Waals surface area contributed by atoms with E-state index in [0.29, 0.717) is 25.6 Å². The Balaban J connectivity index is 1.93. The molecule has 2 rings (SSSR count). The van der Waals surface area contributed by atoms with Gasteiger partial charge in [0.05, 0.1) is 6.04 Å². The van der Waals surface area contributed by atoms with E-state index in [0.717, 1.165) is 49.3 Å². The molecule has 3 N–H and O–H groups in total. The highest BCUT2D eigenvalue weighted by Crippen LogP contribution is 2.34. The molecule has 24 heavy (non-hydrogen) atoms. The van der Waals surface area contributed by atoms with Crippen molar-refractivity contribution in [1.82, 2.24) is 5.32 Å². The zero-order valence-electron chi connectivity index (χ0n) is 14.8. The quantitative estimate of drug-likeness (QED) is 0.680. The SMILES string of the molecule is CC(C)C(NC(=O)CCCCCCN)c1ccc2c(c1)OCCO2. The first-order valence-electron chi connectivity index (χ1n) is 9.00. The predicted molar refractivity (Wildman–Crippen MR) is 95.3 cm³/mol. The molecular formula is C19H30N2O3. The molecule has 1 amide bonds. The lowest BCUT2D eigenvalue weighted by Gasteiger charge is -2.25. The second-order valence-electron chi connectivity index (χ2n) is 6.65. The van der Waals surface area contributed by atoms with Crippen molar-refractivity contribution in [3.8, 4) is 11.5 Å². The first kappa shape index (κ1) is 18.6. The summed E-state index contributed by atoms with van der Waals surface area (Å²) in [4.78, 5) is 12.3. The van der Waals surface area contributed by atoms with Crippen LogP contribution in [-0.2, 0) is 4.79 Å². The van der Waals surface area contributed by atoms with Crippen molar-refractivity contribution < 1.29 is 14.3 Å². The van der Waals surface area contributed by atoms with Crippen LogP contribution in [0.25, 0.3) is 0 Å². The number of unbranched alkanes of at least 4 members (excludes halogenated alkanes) is 3. The number of hydrogen-bond acceptors (Lipinski definition) is 4. The van der Waals surface area contributed by atoms with E-state index < -0.39 is 0 Å². The van der Waals surface area contributed by atoms with Gasteiger partial charge in [-0.05, 0) is 43.0 Å². The molecule has 1 heterocycles. The standard InChI is InChI=1S/C19H30N2O3/c1-14(2)19(21-18(22)7-5-3-4-6-10-20)15-8-9-16-17(13-15)24-12-11-23-16/h8-9,13-14,19H,3-7,10-12,20H2,1-2H3,(H,21,22). The van der Waals surface area contributed by atoms with E-state index in [-0.39, 0.29) is 11.9 Å². The van der Waals surface area contributed by atoms with Gasteiger partial charge in [-0.2, -0.15) is 0 Å². The second kappa shape index (κ2) is 9.52. The third kappa shape index (κ3) is 5.41. The first-order valence-corrected chi connectivity index (χ1v) is 9.00. The molecule has 0 spiro atoms. The summed E-state index contributed by atoms with van der Waals surface area (Å²) in [5.41, 5.74) is 6.55. The summed E-state index contributed by atoms with van der Waals surface area (Å²) >= 11 is 0. The largest absolute Gasteiger partial charge is 0.486 e. The van der Waals surface area contributed by atoms with E-state index in [4.69, 9.17) is 15.2 Å². The molecule has 0 saturated carbocycles. The number of benzene rings is 1. The smallest absolute Gasteiger partial charge is 0.220 e. The van der Waals surface area contributed by atoms with Crippen molar-refractivity contribution in [2.75, 3.05) is 19.8 Å². The Morgan fingerprint density at radius 3 is 2.54 bits per heavy atom. The molecule has 0 bridgehead atoms. The lowest BCUT2D eigenvalue weighted by atomic mass is 9.95. The van der Waals surface area contributed by atoms with Gasteiger partial charge in [0, 0.05) is 6.42 Å². The molecule has 0 aliphatic carbocycles. The van der Waals surface area contributed by atoms with Crippen LogP contribution in [0.15, 0.2) is 18.2 Å². The van der Waals surface area contributed by atoms with Gasteiger partial charge in [-0.25, -0.2) is 0 Å². The molecule has 5 heteroatoms. The van der Waals surface area contributed by atoms with Crippen molar-refractivity contribution in [3.63, 3.8) is 0 Å². The topological polar surface area (TPSA) is 73.6 Å². The van der Waals surface area contributed by atoms with Crippen molar-refractivity contribution in [3.05, 3.63) is 23.8 Å². The summed E-state index contributed by atoms with van der Waals surface area (Å²) in [6.45, 7) is 6.11. The summed E-state index contributed by atoms with van der Waals surface area (Å²) < 4.78 is 11.2. The molecule has 1 atom stereocenters. The Labute approximate surface area is 144 Å². The average Bonchev–Trinajstić information content (AvgIpc) is 2.59. The van der Waals surface area contributed by atoms with Crippen LogP contribution in [0.3, 0.4) is 0 Å². The van der Waals surface area contributed by atoms with Gasteiger partial charge in [0.2, 0.25) is 5.91 Å². The van der Waals surface area contributed by atoms with E-state index >= 15 is 0 Å². The monoisotopic (exact) mass is 334 g/mol. The summed E-state index contributed by atoms with van der Waals surface area (Å²) in [5.74, 6) is 1.95. The van der Waals surface area contributed by atoms with Gasteiger partial charge < -0.3 is 20.5 Å². The number of hydrogen-bond donors (Lipinski definition) is 2. The van der Waals surface area contributed by atoms with Crippen LogP contribution in [0.2, 0.25) is 0 Å². The maximum Gasteiger partial charge on any atom is 0.220 e. The van der Waals surface area contributed by atoms with E-state index in [2.05, 4.69) is 19.2 Å². The molecule has 0 saturated heterocycles. The van der Waals surface area contributed by atoms with Gasteiger partial charge >= 0.3 is 0 Å². The van der Waals surface area contributed by atoms with E-state index in [1.807, 2.05) is 18.2 Å². The summed E-state index contributed by atoms with van der Waals surface area (Å²) in [6.07, 6.45) is 4.67. The van der Waals surface area contributed by atoms with Gasteiger partial charge in [-0.15, -0.1) is 0 Å². The molecule has 1 unspecified atom stereocenters. The van der Waals surface area contributed by atoms with Gasteiger partial charge in [0.25, 0.3) is 0 Å². The molecule has 0 fully saturated rings. The Hall–Kier alpha value is -1.75. The van der Waals surface area contributed by atoms with Crippen LogP contribution in [0.4, 0.5) is 0 Å². The normalized spacial score (nSPS) is 14.5. The minimum absolute atomic E-state index is 0.0163. The number of fused-ring (bicyclic) bond motifs is 1. The highest BCUT2D eigenvalue weighted by atomic mass is 16.6. The fourth-order valence-electron chi connectivity index (χ4n) is 2.92. The number of ether oxygens (including phenoxy) is 2. The van der Waals surface area contributed by atoms with Crippen LogP contribution < -0.4 is 20.5 Å². The van der Waals surface area contributed by atoms with E-state index in [1.165, 1.54) is 0 Å². The Morgan fingerprint density at radius 1 is 1.12 bits per heavy atom. The third-order valence-electron chi connectivity index (χ3n) is 4.27. The van der Waals surface area contributed by atoms with Crippen molar-refractivity contribution in [2.24, 2.45) is 11.7 Å². The van der Waals surface area contributed by atoms with Crippen LogP contribution in [-0.4, -0.2) is 25.7 Å².